The lowest BCUT2D eigenvalue weighted by Gasteiger charge is -2.09. The molecule has 21 heavy (non-hydrogen) atoms. The molecule has 0 atom stereocenters. The van der Waals surface area contributed by atoms with Gasteiger partial charge in [0.05, 0.1) is 0 Å². The summed E-state index contributed by atoms with van der Waals surface area (Å²) in [4.78, 5) is 23.4. The number of amides is 1. The van der Waals surface area contributed by atoms with E-state index in [-0.39, 0.29) is 12.4 Å². The highest BCUT2D eigenvalue weighted by atomic mass is 79.9. The van der Waals surface area contributed by atoms with Crippen LogP contribution in [0.2, 0.25) is 0 Å². The number of aryl methyl sites for hydroxylation is 2. The third kappa shape index (κ3) is 4.19. The van der Waals surface area contributed by atoms with Gasteiger partial charge in [0.2, 0.25) is 5.76 Å². The van der Waals surface area contributed by atoms with Crippen molar-refractivity contribution in [2.75, 3.05) is 11.9 Å². The van der Waals surface area contributed by atoms with E-state index in [4.69, 9.17) is 9.15 Å². The number of benzene rings is 1. The van der Waals surface area contributed by atoms with Crippen molar-refractivity contribution in [2.24, 2.45) is 0 Å². The van der Waals surface area contributed by atoms with Crippen LogP contribution in [0.5, 0.6) is 0 Å². The van der Waals surface area contributed by atoms with E-state index in [0.717, 1.165) is 11.1 Å². The molecular formula is C15H14BrNO4. The van der Waals surface area contributed by atoms with Gasteiger partial charge in [0, 0.05) is 5.69 Å². The quantitative estimate of drug-likeness (QED) is 0.856. The summed E-state index contributed by atoms with van der Waals surface area (Å²) < 4.78 is 10.3. The highest BCUT2D eigenvalue weighted by Crippen LogP contribution is 2.17. The van der Waals surface area contributed by atoms with E-state index in [1.54, 1.807) is 6.07 Å². The lowest BCUT2D eigenvalue weighted by molar-refractivity contribution is -0.119. The molecule has 0 saturated heterocycles. The molecule has 1 heterocycles. The number of rotatable bonds is 4. The van der Waals surface area contributed by atoms with Crippen LogP contribution < -0.4 is 5.32 Å². The van der Waals surface area contributed by atoms with Crippen LogP contribution in [0.3, 0.4) is 0 Å². The zero-order valence-electron chi connectivity index (χ0n) is 11.6. The number of anilines is 1. The highest BCUT2D eigenvalue weighted by molar-refractivity contribution is 9.10. The average molecular weight is 352 g/mol. The fourth-order valence-corrected chi connectivity index (χ4v) is 1.99. The lowest BCUT2D eigenvalue weighted by atomic mass is 10.1. The number of furan rings is 1. The van der Waals surface area contributed by atoms with Gasteiger partial charge in [-0.3, -0.25) is 4.79 Å². The number of nitrogens with one attached hydrogen (secondary N) is 1. The smallest absolute Gasteiger partial charge is 0.374 e. The van der Waals surface area contributed by atoms with Gasteiger partial charge in [0.15, 0.2) is 11.3 Å². The molecule has 0 fully saturated rings. The van der Waals surface area contributed by atoms with Gasteiger partial charge in [-0.2, -0.15) is 0 Å². The number of ether oxygens (including phenoxy) is 1. The predicted octanol–water partition coefficient (Wildman–Crippen LogP) is 3.45. The molecule has 1 amide bonds. The van der Waals surface area contributed by atoms with Gasteiger partial charge in [0.1, 0.15) is 0 Å². The van der Waals surface area contributed by atoms with Gasteiger partial charge in [0.25, 0.3) is 5.91 Å². The fourth-order valence-electron chi connectivity index (χ4n) is 1.68. The molecule has 5 nitrogen and oxygen atoms in total. The Hall–Kier alpha value is -2.08. The predicted molar refractivity (Wildman–Crippen MR) is 81.2 cm³/mol. The molecule has 1 aromatic carbocycles. The Morgan fingerprint density at radius 2 is 2.00 bits per heavy atom. The van der Waals surface area contributed by atoms with Crippen LogP contribution in [0.1, 0.15) is 21.7 Å². The molecule has 0 bridgehead atoms. The summed E-state index contributed by atoms with van der Waals surface area (Å²) in [6.07, 6.45) is 0. The SMILES string of the molecule is Cc1ccc(C)c(NC(=O)COC(=O)c2ccc(Br)o2)c1. The highest BCUT2D eigenvalue weighted by Gasteiger charge is 2.14. The minimum absolute atomic E-state index is 0.0430. The molecule has 6 heteroatoms. The van der Waals surface area contributed by atoms with Crippen molar-refractivity contribution in [3.05, 3.63) is 51.9 Å². The number of esters is 1. The molecule has 0 saturated carbocycles. The van der Waals surface area contributed by atoms with Crippen LogP contribution in [0.15, 0.2) is 39.4 Å². The Morgan fingerprint density at radius 3 is 2.67 bits per heavy atom. The van der Waals surface area contributed by atoms with Crippen LogP contribution in [0.4, 0.5) is 5.69 Å². The fraction of sp³-hybridized carbons (Fsp3) is 0.200. The van der Waals surface area contributed by atoms with Crippen LogP contribution in [0, 0.1) is 13.8 Å². The Kier molecular flexibility index (Phi) is 4.80. The maximum Gasteiger partial charge on any atom is 0.374 e. The van der Waals surface area contributed by atoms with E-state index in [0.29, 0.717) is 10.4 Å². The maximum atomic E-state index is 11.8. The maximum absolute atomic E-state index is 11.8. The second-order valence-electron chi connectivity index (χ2n) is 4.55. The van der Waals surface area contributed by atoms with Crippen LogP contribution in [-0.4, -0.2) is 18.5 Å². The largest absolute Gasteiger partial charge is 0.450 e. The lowest BCUT2D eigenvalue weighted by Crippen LogP contribution is -2.21. The Labute approximate surface area is 130 Å². The number of halogens is 1. The Bertz CT molecular complexity index is 678. The Morgan fingerprint density at radius 1 is 1.24 bits per heavy atom. The molecular weight excluding hydrogens is 338 g/mol. The minimum Gasteiger partial charge on any atom is -0.450 e. The molecule has 0 unspecified atom stereocenters. The number of hydrogen-bond donors (Lipinski definition) is 1. The number of hydrogen-bond acceptors (Lipinski definition) is 4. The Balaban J connectivity index is 1.90. The van der Waals surface area contributed by atoms with E-state index in [1.807, 2.05) is 32.0 Å². The first-order valence-corrected chi connectivity index (χ1v) is 7.04. The van der Waals surface area contributed by atoms with Crippen molar-refractivity contribution in [2.45, 2.75) is 13.8 Å². The van der Waals surface area contributed by atoms with Gasteiger partial charge in [-0.1, -0.05) is 12.1 Å². The van der Waals surface area contributed by atoms with Crippen molar-refractivity contribution < 1.29 is 18.7 Å². The van der Waals surface area contributed by atoms with Gasteiger partial charge in [-0.05, 0) is 59.1 Å². The summed E-state index contributed by atoms with van der Waals surface area (Å²) in [5.74, 6) is -1.04. The average Bonchev–Trinajstić information content (AvgIpc) is 2.87. The van der Waals surface area contributed by atoms with Gasteiger partial charge < -0.3 is 14.5 Å². The molecule has 2 aromatic rings. The zero-order chi connectivity index (χ0) is 15.4. The number of carbonyl (C=O) groups excluding carboxylic acids is 2. The molecule has 0 radical (unpaired) electrons. The topological polar surface area (TPSA) is 68.5 Å². The molecule has 0 spiro atoms. The summed E-state index contributed by atoms with van der Waals surface area (Å²) >= 11 is 3.09. The molecule has 1 N–H and O–H groups in total. The first kappa shape index (κ1) is 15.3. The number of carbonyl (C=O) groups is 2. The standard InChI is InChI=1S/C15H14BrNO4/c1-9-3-4-10(2)11(7-9)17-14(18)8-20-15(19)12-5-6-13(16)21-12/h3-7H,8H2,1-2H3,(H,17,18). The first-order valence-electron chi connectivity index (χ1n) is 6.25. The summed E-state index contributed by atoms with van der Waals surface area (Å²) in [6, 6.07) is 8.78. The van der Waals surface area contributed by atoms with Crippen LogP contribution in [-0.2, 0) is 9.53 Å². The van der Waals surface area contributed by atoms with Gasteiger partial charge in [-0.15, -0.1) is 0 Å². The van der Waals surface area contributed by atoms with Gasteiger partial charge in [-0.25, -0.2) is 4.79 Å². The van der Waals surface area contributed by atoms with E-state index >= 15 is 0 Å². The molecule has 110 valence electrons. The molecule has 2 rings (SSSR count). The minimum atomic E-state index is -0.684. The normalized spacial score (nSPS) is 10.2. The molecule has 1 aromatic heterocycles. The summed E-state index contributed by atoms with van der Waals surface area (Å²) in [5.41, 5.74) is 2.68. The van der Waals surface area contributed by atoms with Crippen molar-refractivity contribution in [1.82, 2.24) is 0 Å². The van der Waals surface area contributed by atoms with E-state index < -0.39 is 11.9 Å². The van der Waals surface area contributed by atoms with Crippen LogP contribution >= 0.6 is 15.9 Å². The molecule has 0 aliphatic rings. The van der Waals surface area contributed by atoms with Crippen molar-refractivity contribution in [3.8, 4) is 0 Å². The van der Waals surface area contributed by atoms with Gasteiger partial charge >= 0.3 is 5.97 Å². The van der Waals surface area contributed by atoms with E-state index in [1.165, 1.54) is 6.07 Å². The van der Waals surface area contributed by atoms with Crippen molar-refractivity contribution in [3.63, 3.8) is 0 Å². The van der Waals surface area contributed by atoms with Crippen molar-refractivity contribution >= 4 is 33.5 Å². The molecule has 0 aliphatic carbocycles. The van der Waals surface area contributed by atoms with Crippen molar-refractivity contribution in [1.29, 1.82) is 0 Å². The van der Waals surface area contributed by atoms with E-state index in [9.17, 15) is 9.59 Å². The summed E-state index contributed by atoms with van der Waals surface area (Å²) in [7, 11) is 0. The molecule has 0 aliphatic heterocycles. The first-order chi connectivity index (χ1) is 9.95. The third-order valence-electron chi connectivity index (χ3n) is 2.78. The second-order valence-corrected chi connectivity index (χ2v) is 5.33. The van der Waals surface area contributed by atoms with E-state index in [2.05, 4.69) is 21.2 Å². The summed E-state index contributed by atoms with van der Waals surface area (Å²) in [6.45, 7) is 3.45. The third-order valence-corrected chi connectivity index (χ3v) is 3.20. The monoisotopic (exact) mass is 351 g/mol. The zero-order valence-corrected chi connectivity index (χ0v) is 13.2. The summed E-state index contributed by atoms with van der Waals surface area (Å²) in [5, 5.41) is 2.71. The second kappa shape index (κ2) is 6.58. The van der Waals surface area contributed by atoms with Crippen LogP contribution in [0.25, 0.3) is 0 Å².